The van der Waals surface area contributed by atoms with Gasteiger partial charge in [-0.15, -0.1) is 12.2 Å². The molecule has 0 saturated heterocycles. The summed E-state index contributed by atoms with van der Waals surface area (Å²) in [5.74, 6) is 2.48. The van der Waals surface area contributed by atoms with E-state index < -0.39 is 17.2 Å². The van der Waals surface area contributed by atoms with E-state index in [4.69, 9.17) is 10.6 Å². The Hall–Kier alpha value is -2.37. The highest BCUT2D eigenvalue weighted by molar-refractivity contribution is 7.83. The van der Waals surface area contributed by atoms with Crippen LogP contribution in [0, 0.1) is 12.3 Å². The molecule has 0 saturated carbocycles. The highest BCUT2D eigenvalue weighted by atomic mass is 32.2. The van der Waals surface area contributed by atoms with Crippen LogP contribution >= 0.6 is 0 Å². The first kappa shape index (κ1) is 15.0. The minimum absolute atomic E-state index is 0.637. The van der Waals surface area contributed by atoms with Crippen molar-refractivity contribution in [1.82, 2.24) is 0 Å². The first-order chi connectivity index (χ1) is 10.3. The van der Waals surface area contributed by atoms with E-state index in [0.29, 0.717) is 0 Å². The topological polar surface area (TPSA) is 26.3 Å². The molecule has 0 aliphatic rings. The van der Waals surface area contributed by atoms with Crippen molar-refractivity contribution in [3.8, 4) is 12.3 Å². The van der Waals surface area contributed by atoms with Crippen molar-refractivity contribution in [3.63, 3.8) is 0 Å². The van der Waals surface area contributed by atoms with Crippen LogP contribution in [0.5, 0.6) is 0 Å². The Morgan fingerprint density at radius 2 is 1.67 bits per heavy atom. The maximum Gasteiger partial charge on any atom is 0.191 e. The van der Waals surface area contributed by atoms with Crippen molar-refractivity contribution in [3.05, 3.63) is 82.9 Å². The third-order valence-electron chi connectivity index (χ3n) is 2.66. The van der Waals surface area contributed by atoms with Gasteiger partial charge in [0.1, 0.15) is 0 Å². The summed E-state index contributed by atoms with van der Waals surface area (Å²) in [7, 11) is 0. The van der Waals surface area contributed by atoms with Crippen LogP contribution in [-0.2, 0) is 15.3 Å². The standard InChI is InChI=1S/C18H14O2S/c1-2-18(17-13-7-4-8-14-17)20-21(19)15-9-12-16-10-5-3-6-11-16/h1,3-8,10-15,18H. The zero-order valence-corrected chi connectivity index (χ0v) is 12.1. The lowest BCUT2D eigenvalue weighted by atomic mass is 10.1. The average Bonchev–Trinajstić information content (AvgIpc) is 2.54. The number of hydrogen-bond acceptors (Lipinski definition) is 2. The lowest BCUT2D eigenvalue weighted by Gasteiger charge is -2.08. The Kier molecular flexibility index (Phi) is 5.75. The molecule has 0 fully saturated rings. The van der Waals surface area contributed by atoms with Crippen molar-refractivity contribution in [2.24, 2.45) is 0 Å². The predicted molar refractivity (Wildman–Crippen MR) is 86.2 cm³/mol. The van der Waals surface area contributed by atoms with Crippen molar-refractivity contribution in [2.75, 3.05) is 0 Å². The zero-order chi connectivity index (χ0) is 14.9. The van der Waals surface area contributed by atoms with Gasteiger partial charge in [0.05, 0.1) is 5.41 Å². The van der Waals surface area contributed by atoms with Crippen LogP contribution in [0.4, 0.5) is 0 Å². The largest absolute Gasteiger partial charge is 0.265 e. The van der Waals surface area contributed by atoms with Crippen LogP contribution < -0.4 is 0 Å². The van der Waals surface area contributed by atoms with Gasteiger partial charge in [-0.2, -0.15) is 0 Å². The Labute approximate surface area is 127 Å². The Morgan fingerprint density at radius 1 is 1.05 bits per heavy atom. The Bertz CT molecular complexity index is 693. The van der Waals surface area contributed by atoms with Crippen LogP contribution in [0.25, 0.3) is 6.08 Å². The fourth-order valence-corrected chi connectivity index (χ4v) is 2.26. The van der Waals surface area contributed by atoms with E-state index in [1.807, 2.05) is 60.7 Å². The second-order valence-corrected chi connectivity index (χ2v) is 5.10. The molecule has 2 unspecified atom stereocenters. The van der Waals surface area contributed by atoms with Gasteiger partial charge in [-0.05, 0) is 17.2 Å². The van der Waals surface area contributed by atoms with Crippen LogP contribution in [0.3, 0.4) is 0 Å². The van der Waals surface area contributed by atoms with Gasteiger partial charge in [0, 0.05) is 0 Å². The molecule has 21 heavy (non-hydrogen) atoms. The van der Waals surface area contributed by atoms with E-state index in [2.05, 4.69) is 11.7 Å². The van der Waals surface area contributed by atoms with Crippen LogP contribution in [0.15, 0.2) is 71.8 Å². The number of hydrogen-bond donors (Lipinski definition) is 0. The molecule has 0 N–H and O–H groups in total. The molecule has 2 atom stereocenters. The molecule has 0 aromatic heterocycles. The maximum atomic E-state index is 11.8. The van der Waals surface area contributed by atoms with E-state index in [-0.39, 0.29) is 0 Å². The Morgan fingerprint density at radius 3 is 2.29 bits per heavy atom. The SMILES string of the molecule is C#CC(OS(=O)C=C=Cc1ccccc1)c1ccccc1. The molecule has 0 heterocycles. The van der Waals surface area contributed by atoms with E-state index in [9.17, 15) is 4.21 Å². The van der Waals surface area contributed by atoms with Gasteiger partial charge >= 0.3 is 0 Å². The van der Waals surface area contributed by atoms with Gasteiger partial charge in [0.15, 0.2) is 17.2 Å². The van der Waals surface area contributed by atoms with E-state index in [0.717, 1.165) is 11.1 Å². The molecular formula is C18H14O2S. The fraction of sp³-hybridized carbons (Fsp3) is 0.0556. The highest BCUT2D eigenvalue weighted by Crippen LogP contribution is 2.17. The summed E-state index contributed by atoms with van der Waals surface area (Å²) in [6.07, 6.45) is 6.51. The summed E-state index contributed by atoms with van der Waals surface area (Å²) in [5.41, 5.74) is 4.61. The van der Waals surface area contributed by atoms with Crippen LogP contribution in [-0.4, -0.2) is 4.21 Å². The first-order valence-electron chi connectivity index (χ1n) is 6.36. The quantitative estimate of drug-likeness (QED) is 0.618. The summed E-state index contributed by atoms with van der Waals surface area (Å²) in [6, 6.07) is 18.9. The zero-order valence-electron chi connectivity index (χ0n) is 11.3. The summed E-state index contributed by atoms with van der Waals surface area (Å²) < 4.78 is 17.2. The maximum absolute atomic E-state index is 11.8. The summed E-state index contributed by atoms with van der Waals surface area (Å²) in [6.45, 7) is 0. The third-order valence-corrected chi connectivity index (χ3v) is 3.37. The molecule has 2 rings (SSSR count). The van der Waals surface area contributed by atoms with E-state index in [1.165, 1.54) is 5.41 Å². The molecular weight excluding hydrogens is 280 g/mol. The number of benzene rings is 2. The second kappa shape index (κ2) is 8.04. The Balaban J connectivity index is 2.01. The van der Waals surface area contributed by atoms with Crippen LogP contribution in [0.2, 0.25) is 0 Å². The summed E-state index contributed by atoms with van der Waals surface area (Å²) in [5, 5.41) is 1.35. The van der Waals surface area contributed by atoms with Gasteiger partial charge in [-0.1, -0.05) is 66.6 Å². The molecule has 0 bridgehead atoms. The molecule has 3 heteroatoms. The lowest BCUT2D eigenvalue weighted by molar-refractivity contribution is 0.298. The fourth-order valence-electron chi connectivity index (χ4n) is 1.67. The molecule has 0 aliphatic heterocycles. The van der Waals surface area contributed by atoms with Crippen molar-refractivity contribution in [1.29, 1.82) is 0 Å². The van der Waals surface area contributed by atoms with E-state index in [1.54, 1.807) is 6.08 Å². The molecule has 0 amide bonds. The monoisotopic (exact) mass is 294 g/mol. The second-order valence-electron chi connectivity index (χ2n) is 4.15. The third kappa shape index (κ3) is 4.91. The van der Waals surface area contributed by atoms with Gasteiger partial charge in [-0.25, -0.2) is 4.21 Å². The minimum Gasteiger partial charge on any atom is -0.265 e. The molecule has 0 spiro atoms. The lowest BCUT2D eigenvalue weighted by Crippen LogP contribution is -2.02. The molecule has 2 aromatic carbocycles. The normalized spacial score (nSPS) is 12.5. The molecule has 2 aromatic rings. The number of terminal acetylenes is 1. The molecule has 0 aliphatic carbocycles. The number of rotatable bonds is 5. The van der Waals surface area contributed by atoms with Crippen molar-refractivity contribution < 1.29 is 8.39 Å². The van der Waals surface area contributed by atoms with Crippen molar-refractivity contribution in [2.45, 2.75) is 6.10 Å². The van der Waals surface area contributed by atoms with Gasteiger partial charge in [0.2, 0.25) is 0 Å². The highest BCUT2D eigenvalue weighted by Gasteiger charge is 2.10. The minimum atomic E-state index is -1.63. The summed E-state index contributed by atoms with van der Waals surface area (Å²) >= 11 is -1.63. The molecule has 0 radical (unpaired) electrons. The molecule has 104 valence electrons. The van der Waals surface area contributed by atoms with Gasteiger partial charge in [0.25, 0.3) is 0 Å². The van der Waals surface area contributed by atoms with Crippen LogP contribution in [0.1, 0.15) is 17.2 Å². The molecule has 2 nitrogen and oxygen atoms in total. The van der Waals surface area contributed by atoms with Gasteiger partial charge < -0.3 is 0 Å². The summed E-state index contributed by atoms with van der Waals surface area (Å²) in [4.78, 5) is 0. The average molecular weight is 294 g/mol. The first-order valence-corrected chi connectivity index (χ1v) is 7.50. The smallest absolute Gasteiger partial charge is 0.191 e. The predicted octanol–water partition coefficient (Wildman–Crippen LogP) is 3.87. The van der Waals surface area contributed by atoms with Gasteiger partial charge in [-0.3, -0.25) is 4.18 Å². The van der Waals surface area contributed by atoms with E-state index >= 15 is 0 Å². The van der Waals surface area contributed by atoms with Crippen molar-refractivity contribution >= 4 is 17.2 Å².